The van der Waals surface area contributed by atoms with Crippen LogP contribution in [0.1, 0.15) is 33.1 Å². The maximum atomic E-state index is 11.0. The van der Waals surface area contributed by atoms with Gasteiger partial charge in [0.25, 0.3) is 0 Å². The number of piperazine rings is 1. The number of hydrogen-bond donors (Lipinski definition) is 1. The van der Waals surface area contributed by atoms with Gasteiger partial charge in [0.1, 0.15) is 0 Å². The molecule has 1 atom stereocenters. The lowest BCUT2D eigenvalue weighted by atomic mass is 9.90. The van der Waals surface area contributed by atoms with Crippen LogP contribution in [0.15, 0.2) is 0 Å². The maximum Gasteiger partial charge on any atom is 0.304 e. The molecule has 0 aromatic rings. The van der Waals surface area contributed by atoms with E-state index in [0.29, 0.717) is 5.92 Å². The number of carbonyl (C=O) groups is 1. The number of carboxylic acid groups (broad SMARTS) is 1. The Balaban J connectivity index is 2.64. The zero-order chi connectivity index (χ0) is 12.8. The summed E-state index contributed by atoms with van der Waals surface area (Å²) in [5.74, 6) is -0.157. The monoisotopic (exact) mass is 242 g/mol. The second-order valence-corrected chi connectivity index (χ2v) is 5.08. The molecule has 0 saturated carbocycles. The third-order valence-electron chi connectivity index (χ3n) is 3.98. The van der Waals surface area contributed by atoms with E-state index in [4.69, 9.17) is 5.11 Å². The molecular formula is C13H26N2O2. The molecule has 1 N–H and O–H groups in total. The normalized spacial score (nSPS) is 20.7. The van der Waals surface area contributed by atoms with E-state index < -0.39 is 5.97 Å². The van der Waals surface area contributed by atoms with Crippen LogP contribution in [0.4, 0.5) is 0 Å². The van der Waals surface area contributed by atoms with Crippen LogP contribution in [-0.4, -0.2) is 60.1 Å². The van der Waals surface area contributed by atoms with Crippen LogP contribution in [0.25, 0.3) is 0 Å². The van der Waals surface area contributed by atoms with E-state index in [9.17, 15) is 4.79 Å². The Morgan fingerprint density at radius 2 is 1.71 bits per heavy atom. The molecule has 1 unspecified atom stereocenters. The van der Waals surface area contributed by atoms with E-state index in [1.165, 1.54) is 0 Å². The zero-order valence-electron chi connectivity index (χ0n) is 11.4. The largest absolute Gasteiger partial charge is 0.481 e. The summed E-state index contributed by atoms with van der Waals surface area (Å²) in [7, 11) is 2.13. The summed E-state index contributed by atoms with van der Waals surface area (Å²) in [6, 6.07) is 0.219. The topological polar surface area (TPSA) is 43.8 Å². The first-order valence-electron chi connectivity index (χ1n) is 6.72. The van der Waals surface area contributed by atoms with Crippen LogP contribution in [-0.2, 0) is 4.79 Å². The van der Waals surface area contributed by atoms with Gasteiger partial charge in [0.2, 0.25) is 0 Å². The van der Waals surface area contributed by atoms with E-state index in [2.05, 4.69) is 30.7 Å². The van der Waals surface area contributed by atoms with Gasteiger partial charge in [0, 0.05) is 32.2 Å². The van der Waals surface area contributed by atoms with Gasteiger partial charge in [0.15, 0.2) is 0 Å². The highest BCUT2D eigenvalue weighted by Crippen LogP contribution is 2.22. The SMILES string of the molecule is CCC(CC)C(CC(=O)O)N1CCN(C)CC1. The van der Waals surface area contributed by atoms with E-state index in [0.717, 1.165) is 39.0 Å². The molecule has 1 fully saturated rings. The molecular weight excluding hydrogens is 216 g/mol. The van der Waals surface area contributed by atoms with Crippen molar-refractivity contribution in [3.63, 3.8) is 0 Å². The number of nitrogens with zero attached hydrogens (tertiary/aromatic N) is 2. The zero-order valence-corrected chi connectivity index (χ0v) is 11.4. The molecule has 4 nitrogen and oxygen atoms in total. The first kappa shape index (κ1) is 14.5. The predicted molar refractivity (Wildman–Crippen MR) is 69.2 cm³/mol. The number of likely N-dealkylation sites (N-methyl/N-ethyl adjacent to an activating group) is 1. The van der Waals surface area contributed by atoms with Crippen LogP contribution in [0.3, 0.4) is 0 Å². The molecule has 1 saturated heterocycles. The fourth-order valence-electron chi connectivity index (χ4n) is 2.76. The Labute approximate surface area is 105 Å². The first-order chi connectivity index (χ1) is 8.08. The summed E-state index contributed by atoms with van der Waals surface area (Å²) in [5, 5.41) is 9.07. The molecule has 1 aliphatic heterocycles. The second-order valence-electron chi connectivity index (χ2n) is 5.08. The van der Waals surface area contributed by atoms with Gasteiger partial charge in [-0.05, 0) is 13.0 Å². The molecule has 1 heterocycles. The molecule has 100 valence electrons. The standard InChI is InChI=1S/C13H26N2O2/c1-4-11(5-2)12(10-13(16)17)15-8-6-14(3)7-9-15/h11-12H,4-10H2,1-3H3,(H,16,17). The molecule has 0 aromatic heterocycles. The van der Waals surface area contributed by atoms with Crippen molar-refractivity contribution in [2.75, 3.05) is 33.2 Å². The molecule has 0 spiro atoms. The fourth-order valence-corrected chi connectivity index (χ4v) is 2.76. The van der Waals surface area contributed by atoms with Gasteiger partial charge in [-0.3, -0.25) is 9.69 Å². The average molecular weight is 242 g/mol. The van der Waals surface area contributed by atoms with Crippen LogP contribution in [0.2, 0.25) is 0 Å². The Kier molecular flexibility index (Phi) is 5.92. The van der Waals surface area contributed by atoms with Crippen molar-refractivity contribution in [3.05, 3.63) is 0 Å². The van der Waals surface area contributed by atoms with Crippen molar-refractivity contribution >= 4 is 5.97 Å². The molecule has 17 heavy (non-hydrogen) atoms. The van der Waals surface area contributed by atoms with Crippen LogP contribution < -0.4 is 0 Å². The third-order valence-corrected chi connectivity index (χ3v) is 3.98. The van der Waals surface area contributed by atoms with E-state index in [1.807, 2.05) is 0 Å². The van der Waals surface area contributed by atoms with Gasteiger partial charge in [-0.1, -0.05) is 26.7 Å². The van der Waals surface area contributed by atoms with E-state index in [1.54, 1.807) is 0 Å². The number of carboxylic acids is 1. The Morgan fingerprint density at radius 1 is 1.18 bits per heavy atom. The minimum absolute atomic E-state index is 0.219. The van der Waals surface area contributed by atoms with Crippen molar-refractivity contribution < 1.29 is 9.90 Å². The molecule has 1 rings (SSSR count). The average Bonchev–Trinajstić information content (AvgIpc) is 2.30. The molecule has 0 bridgehead atoms. The highest BCUT2D eigenvalue weighted by atomic mass is 16.4. The number of hydrogen-bond acceptors (Lipinski definition) is 3. The smallest absolute Gasteiger partial charge is 0.304 e. The first-order valence-corrected chi connectivity index (χ1v) is 6.72. The lowest BCUT2D eigenvalue weighted by molar-refractivity contribution is -0.139. The summed E-state index contributed by atoms with van der Waals surface area (Å²) < 4.78 is 0. The quantitative estimate of drug-likeness (QED) is 0.767. The van der Waals surface area contributed by atoms with Gasteiger partial charge in [0.05, 0.1) is 6.42 Å². The van der Waals surface area contributed by atoms with E-state index >= 15 is 0 Å². The summed E-state index contributed by atoms with van der Waals surface area (Å²) in [4.78, 5) is 15.7. The minimum atomic E-state index is -0.666. The van der Waals surface area contributed by atoms with Crippen molar-refractivity contribution in [1.29, 1.82) is 0 Å². The van der Waals surface area contributed by atoms with Crippen LogP contribution in [0, 0.1) is 5.92 Å². The summed E-state index contributed by atoms with van der Waals surface area (Å²) in [6.07, 6.45) is 2.43. The van der Waals surface area contributed by atoms with Crippen LogP contribution in [0.5, 0.6) is 0 Å². The van der Waals surface area contributed by atoms with Crippen molar-refractivity contribution in [1.82, 2.24) is 9.80 Å². The third kappa shape index (κ3) is 4.28. The lowest BCUT2D eigenvalue weighted by Gasteiger charge is -2.40. The highest BCUT2D eigenvalue weighted by Gasteiger charge is 2.29. The Bertz CT molecular complexity index is 234. The Hall–Kier alpha value is -0.610. The van der Waals surface area contributed by atoms with Crippen molar-refractivity contribution in [2.24, 2.45) is 5.92 Å². The van der Waals surface area contributed by atoms with Crippen LogP contribution >= 0.6 is 0 Å². The fraction of sp³-hybridized carbons (Fsp3) is 0.923. The molecule has 4 heteroatoms. The van der Waals surface area contributed by atoms with E-state index in [-0.39, 0.29) is 12.5 Å². The minimum Gasteiger partial charge on any atom is -0.481 e. The predicted octanol–water partition coefficient (Wildman–Crippen LogP) is 1.51. The Morgan fingerprint density at radius 3 is 2.12 bits per heavy atom. The number of aliphatic carboxylic acids is 1. The lowest BCUT2D eigenvalue weighted by Crippen LogP contribution is -2.51. The molecule has 1 aliphatic rings. The van der Waals surface area contributed by atoms with Gasteiger partial charge >= 0.3 is 5.97 Å². The van der Waals surface area contributed by atoms with Gasteiger partial charge < -0.3 is 10.0 Å². The van der Waals surface area contributed by atoms with Gasteiger partial charge in [-0.15, -0.1) is 0 Å². The maximum absolute atomic E-state index is 11.0. The molecule has 0 radical (unpaired) electrons. The number of rotatable bonds is 6. The molecule has 0 aromatic carbocycles. The summed E-state index contributed by atoms with van der Waals surface area (Å²) in [6.45, 7) is 8.45. The molecule has 0 aliphatic carbocycles. The van der Waals surface area contributed by atoms with Gasteiger partial charge in [-0.25, -0.2) is 0 Å². The highest BCUT2D eigenvalue weighted by molar-refractivity contribution is 5.67. The van der Waals surface area contributed by atoms with Crippen molar-refractivity contribution in [2.45, 2.75) is 39.2 Å². The second kappa shape index (κ2) is 6.97. The van der Waals surface area contributed by atoms with Crippen molar-refractivity contribution in [3.8, 4) is 0 Å². The summed E-state index contributed by atoms with van der Waals surface area (Å²) in [5.41, 5.74) is 0. The van der Waals surface area contributed by atoms with Gasteiger partial charge in [-0.2, -0.15) is 0 Å². The summed E-state index contributed by atoms with van der Waals surface area (Å²) >= 11 is 0. The molecule has 0 amide bonds.